The molecule has 30 heavy (non-hydrogen) atoms. The zero-order valence-electron chi connectivity index (χ0n) is 17.0. The lowest BCUT2D eigenvalue weighted by Crippen LogP contribution is -2.30. The molecule has 0 spiro atoms. The Balaban J connectivity index is 0.00000160. The number of aryl methyl sites for hydroxylation is 2. The topological polar surface area (TPSA) is 72.9 Å². The predicted molar refractivity (Wildman–Crippen MR) is 124 cm³/mol. The maximum absolute atomic E-state index is 13.5. The molecular formula is C22H27Cl2FN4O. The fourth-order valence-electron chi connectivity index (χ4n) is 4.22. The van der Waals surface area contributed by atoms with Crippen LogP contribution in [-0.4, -0.2) is 22.0 Å². The Kier molecular flexibility index (Phi) is 7.86. The molecule has 8 heteroatoms. The summed E-state index contributed by atoms with van der Waals surface area (Å²) >= 11 is 0. The van der Waals surface area contributed by atoms with E-state index < -0.39 is 0 Å². The second-order valence-corrected chi connectivity index (χ2v) is 7.68. The minimum atomic E-state index is -0.306. The average Bonchev–Trinajstić information content (AvgIpc) is 3.28. The van der Waals surface area contributed by atoms with Gasteiger partial charge in [0.15, 0.2) is 0 Å². The summed E-state index contributed by atoms with van der Waals surface area (Å²) in [6, 6.07) is 10.5. The molecule has 1 fully saturated rings. The van der Waals surface area contributed by atoms with Gasteiger partial charge in [-0.1, -0.05) is 18.6 Å². The van der Waals surface area contributed by atoms with Crippen molar-refractivity contribution in [3.05, 3.63) is 47.8 Å². The van der Waals surface area contributed by atoms with E-state index in [0.29, 0.717) is 12.1 Å². The lowest BCUT2D eigenvalue weighted by Gasteiger charge is -2.18. The van der Waals surface area contributed by atoms with Crippen LogP contribution in [0.2, 0.25) is 0 Å². The van der Waals surface area contributed by atoms with Crippen molar-refractivity contribution in [3.63, 3.8) is 0 Å². The first-order chi connectivity index (χ1) is 13.5. The average molecular weight is 453 g/mol. The number of nitrogens with two attached hydrogens (primary N) is 1. The van der Waals surface area contributed by atoms with E-state index in [-0.39, 0.29) is 48.4 Å². The normalized spacial score (nSPS) is 18.0. The summed E-state index contributed by atoms with van der Waals surface area (Å²) in [6.45, 7) is 2.52. The van der Waals surface area contributed by atoms with Crippen LogP contribution in [0.5, 0.6) is 0 Å². The quantitative estimate of drug-likeness (QED) is 0.594. The molecule has 162 valence electrons. The maximum atomic E-state index is 13.5. The molecule has 0 bridgehead atoms. The highest BCUT2D eigenvalue weighted by Gasteiger charge is 2.32. The Labute approximate surface area is 188 Å². The summed E-state index contributed by atoms with van der Waals surface area (Å²) in [5.74, 6) is 0.710. The summed E-state index contributed by atoms with van der Waals surface area (Å²) in [7, 11) is 1.91. The van der Waals surface area contributed by atoms with Gasteiger partial charge in [-0.05, 0) is 56.0 Å². The van der Waals surface area contributed by atoms with Crippen LogP contribution in [0.4, 0.5) is 10.1 Å². The molecule has 1 aliphatic carbocycles. The van der Waals surface area contributed by atoms with E-state index in [2.05, 4.69) is 10.3 Å². The third-order valence-corrected chi connectivity index (χ3v) is 5.90. The molecule has 3 N–H and O–H groups in total. The highest BCUT2D eigenvalue weighted by molar-refractivity contribution is 5.94. The number of benzene rings is 2. The highest BCUT2D eigenvalue weighted by atomic mass is 35.5. The summed E-state index contributed by atoms with van der Waals surface area (Å²) in [4.78, 5) is 17.4. The number of hydrogen-bond acceptors (Lipinski definition) is 3. The standard InChI is InChI=1S/C22H25FN4O.2ClH/c1-13-6-7-14(21-25-19-11-16(23)8-9-20(19)27(21)2)10-18(13)26-22(28)17-5-3-4-15(17)12-24;;/h6-11,15,17H,3-5,12,24H2,1-2H3,(H,26,28);2*1H/t15-,17-;;/m1../s1. The maximum Gasteiger partial charge on any atom is 0.227 e. The lowest BCUT2D eigenvalue weighted by atomic mass is 9.95. The number of nitrogens with zero attached hydrogens (tertiary/aromatic N) is 2. The van der Waals surface area contributed by atoms with E-state index >= 15 is 0 Å². The van der Waals surface area contributed by atoms with Gasteiger partial charge in [0.25, 0.3) is 0 Å². The highest BCUT2D eigenvalue weighted by Crippen LogP contribution is 2.33. The van der Waals surface area contributed by atoms with Crippen molar-refractivity contribution in [1.29, 1.82) is 0 Å². The number of nitrogens with one attached hydrogen (secondary N) is 1. The molecule has 2 aromatic carbocycles. The fraction of sp³-hybridized carbons (Fsp3) is 0.364. The zero-order valence-corrected chi connectivity index (χ0v) is 18.7. The zero-order chi connectivity index (χ0) is 19.8. The second kappa shape index (κ2) is 9.77. The Morgan fingerprint density at radius 2 is 2.00 bits per heavy atom. The number of fused-ring (bicyclic) bond motifs is 1. The number of hydrogen-bond donors (Lipinski definition) is 2. The van der Waals surface area contributed by atoms with Crippen LogP contribution in [-0.2, 0) is 11.8 Å². The number of carbonyl (C=O) groups excluding carboxylic acids is 1. The van der Waals surface area contributed by atoms with Gasteiger partial charge in [-0.3, -0.25) is 4.79 Å². The molecule has 3 aromatic rings. The van der Waals surface area contributed by atoms with Gasteiger partial charge in [0.05, 0.1) is 11.0 Å². The smallest absolute Gasteiger partial charge is 0.227 e. The molecule has 0 saturated heterocycles. The van der Waals surface area contributed by atoms with Crippen LogP contribution < -0.4 is 11.1 Å². The van der Waals surface area contributed by atoms with E-state index in [1.807, 2.05) is 36.7 Å². The summed E-state index contributed by atoms with van der Waals surface area (Å²) in [5.41, 5.74) is 9.95. The van der Waals surface area contributed by atoms with Gasteiger partial charge in [-0.2, -0.15) is 0 Å². The number of aromatic nitrogens is 2. The van der Waals surface area contributed by atoms with Crippen LogP contribution in [0, 0.1) is 24.6 Å². The Morgan fingerprint density at radius 3 is 2.73 bits per heavy atom. The van der Waals surface area contributed by atoms with E-state index in [9.17, 15) is 9.18 Å². The van der Waals surface area contributed by atoms with E-state index in [1.54, 1.807) is 6.07 Å². The van der Waals surface area contributed by atoms with Crippen molar-refractivity contribution >= 4 is 47.4 Å². The van der Waals surface area contributed by atoms with Crippen LogP contribution in [0.25, 0.3) is 22.4 Å². The number of anilines is 1. The van der Waals surface area contributed by atoms with E-state index in [1.165, 1.54) is 12.1 Å². The first-order valence-corrected chi connectivity index (χ1v) is 9.72. The van der Waals surface area contributed by atoms with Crippen molar-refractivity contribution in [3.8, 4) is 11.4 Å². The van der Waals surface area contributed by atoms with Crippen molar-refractivity contribution in [2.45, 2.75) is 26.2 Å². The largest absolute Gasteiger partial charge is 0.330 e. The van der Waals surface area contributed by atoms with Gasteiger partial charge in [-0.25, -0.2) is 9.37 Å². The lowest BCUT2D eigenvalue weighted by molar-refractivity contribution is -0.120. The number of halogens is 3. The van der Waals surface area contributed by atoms with Crippen LogP contribution in [0.1, 0.15) is 24.8 Å². The van der Waals surface area contributed by atoms with Crippen LogP contribution in [0.15, 0.2) is 36.4 Å². The Hall–Kier alpha value is -2.15. The molecule has 1 aliphatic rings. The molecule has 0 unspecified atom stereocenters. The predicted octanol–water partition coefficient (Wildman–Crippen LogP) is 4.84. The van der Waals surface area contributed by atoms with Gasteiger partial charge in [0.2, 0.25) is 5.91 Å². The molecular weight excluding hydrogens is 426 g/mol. The van der Waals surface area contributed by atoms with Crippen LogP contribution >= 0.6 is 24.8 Å². The van der Waals surface area contributed by atoms with Crippen molar-refractivity contribution in [1.82, 2.24) is 9.55 Å². The monoisotopic (exact) mass is 452 g/mol. The van der Waals surface area contributed by atoms with Crippen LogP contribution in [0.3, 0.4) is 0 Å². The van der Waals surface area contributed by atoms with Crippen molar-refractivity contribution < 1.29 is 9.18 Å². The SMILES string of the molecule is Cc1ccc(-c2nc3cc(F)ccc3n2C)cc1NC(=O)[C@@H]1CCC[C@@H]1CN.Cl.Cl. The number of carbonyl (C=O) groups is 1. The fourth-order valence-corrected chi connectivity index (χ4v) is 4.22. The molecule has 5 nitrogen and oxygen atoms in total. The van der Waals surface area contributed by atoms with Gasteiger partial charge in [-0.15, -0.1) is 24.8 Å². The molecule has 2 atom stereocenters. The van der Waals surface area contributed by atoms with Crippen molar-refractivity contribution in [2.75, 3.05) is 11.9 Å². The molecule has 0 radical (unpaired) electrons. The molecule has 1 saturated carbocycles. The number of rotatable bonds is 4. The van der Waals surface area contributed by atoms with Crippen molar-refractivity contribution in [2.24, 2.45) is 24.6 Å². The summed E-state index contributed by atoms with van der Waals surface area (Å²) < 4.78 is 15.5. The second-order valence-electron chi connectivity index (χ2n) is 7.68. The molecule has 1 aromatic heterocycles. The number of imidazole rings is 1. The van der Waals surface area contributed by atoms with Gasteiger partial charge in [0.1, 0.15) is 11.6 Å². The minimum absolute atomic E-state index is 0. The third-order valence-electron chi connectivity index (χ3n) is 5.90. The van der Waals surface area contributed by atoms with Gasteiger partial charge < -0.3 is 15.6 Å². The summed E-state index contributed by atoms with van der Waals surface area (Å²) in [5, 5.41) is 3.10. The minimum Gasteiger partial charge on any atom is -0.330 e. The Morgan fingerprint density at radius 1 is 1.23 bits per heavy atom. The summed E-state index contributed by atoms with van der Waals surface area (Å²) in [6.07, 6.45) is 2.96. The molecule has 0 aliphatic heterocycles. The first kappa shape index (κ1) is 24.1. The molecule has 1 heterocycles. The third kappa shape index (κ3) is 4.46. The Bertz CT molecular complexity index is 1050. The van der Waals surface area contributed by atoms with Gasteiger partial charge >= 0.3 is 0 Å². The number of amides is 1. The first-order valence-electron chi connectivity index (χ1n) is 9.72. The van der Waals surface area contributed by atoms with E-state index in [0.717, 1.165) is 47.4 Å². The molecule has 4 rings (SSSR count). The molecule has 1 amide bonds. The van der Waals surface area contributed by atoms with E-state index in [4.69, 9.17) is 5.73 Å². The van der Waals surface area contributed by atoms with Gasteiger partial charge in [0, 0.05) is 30.3 Å².